The summed E-state index contributed by atoms with van der Waals surface area (Å²) in [4.78, 5) is 11.4. The lowest BCUT2D eigenvalue weighted by Gasteiger charge is -2.28. The van der Waals surface area contributed by atoms with E-state index in [1.165, 1.54) is 7.11 Å². The van der Waals surface area contributed by atoms with Crippen LogP contribution in [0.4, 0.5) is 0 Å². The molecular weight excluding hydrogens is 430 g/mol. The van der Waals surface area contributed by atoms with E-state index in [2.05, 4.69) is 37.5 Å². The fourth-order valence-corrected chi connectivity index (χ4v) is 5.94. The number of ether oxygens (including phenoxy) is 1. The van der Waals surface area contributed by atoms with Crippen LogP contribution in [0.1, 0.15) is 38.5 Å². The molecule has 2 aliphatic rings. The minimum absolute atomic E-state index is 0.00196. The molecule has 0 saturated heterocycles. The Kier molecular flexibility index (Phi) is 6.76. The lowest BCUT2D eigenvalue weighted by Crippen LogP contribution is -2.40. The zero-order valence-electron chi connectivity index (χ0n) is 15.4. The summed E-state index contributed by atoms with van der Waals surface area (Å²) < 4.78 is 33.8. The van der Waals surface area contributed by atoms with Crippen LogP contribution in [0.3, 0.4) is 0 Å². The van der Waals surface area contributed by atoms with Crippen molar-refractivity contribution in [1.29, 1.82) is 0 Å². The predicted octanol–water partition coefficient (Wildman–Crippen LogP) is 4.04. The van der Waals surface area contributed by atoms with E-state index in [4.69, 9.17) is 0 Å². The summed E-state index contributed by atoms with van der Waals surface area (Å²) in [7, 11) is -2.09. The molecule has 0 heterocycles. The maximum absolute atomic E-state index is 12.7. The summed E-state index contributed by atoms with van der Waals surface area (Å²) in [5, 5.41) is 0. The highest BCUT2D eigenvalue weighted by atomic mass is 79.9. The molecule has 1 aromatic carbocycles. The van der Waals surface area contributed by atoms with Crippen LogP contribution < -0.4 is 4.72 Å². The molecule has 2 saturated carbocycles. The fraction of sp³-hybridized carbons (Fsp3) is 0.550. The SMILES string of the molecule is COC(=O)CCC/C=C\[C@H]1C[C@@H]2C[C@H]1[C@H](NS(=O)(=O)c1ccc(Br)cc1)C2. The Morgan fingerprint density at radius 2 is 2.00 bits per heavy atom. The molecule has 27 heavy (non-hydrogen) atoms. The minimum Gasteiger partial charge on any atom is -0.469 e. The van der Waals surface area contributed by atoms with Gasteiger partial charge in [0.1, 0.15) is 0 Å². The van der Waals surface area contributed by atoms with Gasteiger partial charge < -0.3 is 4.74 Å². The first-order valence-corrected chi connectivity index (χ1v) is 11.7. The number of nitrogens with one attached hydrogen (secondary N) is 1. The molecule has 0 amide bonds. The van der Waals surface area contributed by atoms with E-state index in [1.807, 2.05) is 0 Å². The Labute approximate surface area is 169 Å². The number of hydrogen-bond acceptors (Lipinski definition) is 4. The number of unbranched alkanes of at least 4 members (excludes halogenated alkanes) is 1. The second-order valence-corrected chi connectivity index (χ2v) is 10.1. The molecule has 3 rings (SSSR count). The molecule has 0 spiro atoms. The van der Waals surface area contributed by atoms with E-state index in [-0.39, 0.29) is 12.0 Å². The van der Waals surface area contributed by atoms with Gasteiger partial charge in [0.25, 0.3) is 0 Å². The largest absolute Gasteiger partial charge is 0.469 e. The third-order valence-corrected chi connectivity index (χ3v) is 7.69. The van der Waals surface area contributed by atoms with Crippen LogP contribution in [-0.2, 0) is 19.6 Å². The Bertz CT molecular complexity index is 791. The van der Waals surface area contributed by atoms with Gasteiger partial charge in [-0.1, -0.05) is 28.1 Å². The first kappa shape index (κ1) is 20.6. The number of methoxy groups -OCH3 is 1. The quantitative estimate of drug-likeness (QED) is 0.364. The highest BCUT2D eigenvalue weighted by Crippen LogP contribution is 2.49. The number of benzene rings is 1. The van der Waals surface area contributed by atoms with E-state index in [9.17, 15) is 13.2 Å². The summed E-state index contributed by atoms with van der Waals surface area (Å²) in [5.74, 6) is 1.19. The Hall–Kier alpha value is -1.18. The highest BCUT2D eigenvalue weighted by Gasteiger charge is 2.46. The van der Waals surface area contributed by atoms with E-state index >= 15 is 0 Å². The van der Waals surface area contributed by atoms with E-state index < -0.39 is 10.0 Å². The van der Waals surface area contributed by atoms with Crippen molar-refractivity contribution in [2.75, 3.05) is 7.11 Å². The Morgan fingerprint density at radius 1 is 1.26 bits per heavy atom. The molecule has 0 unspecified atom stereocenters. The molecule has 5 nitrogen and oxygen atoms in total. The maximum atomic E-state index is 12.7. The number of allylic oxidation sites excluding steroid dienone is 2. The van der Waals surface area contributed by atoms with Crippen LogP contribution in [-0.4, -0.2) is 27.5 Å². The molecule has 0 aliphatic heterocycles. The molecular formula is C20H26BrNO4S. The molecule has 2 aliphatic carbocycles. The van der Waals surface area contributed by atoms with Gasteiger partial charge in [-0.25, -0.2) is 13.1 Å². The highest BCUT2D eigenvalue weighted by molar-refractivity contribution is 9.10. The minimum atomic E-state index is -3.49. The van der Waals surface area contributed by atoms with Gasteiger partial charge in [0.2, 0.25) is 10.0 Å². The molecule has 2 fully saturated rings. The zero-order valence-corrected chi connectivity index (χ0v) is 17.8. The second-order valence-electron chi connectivity index (χ2n) is 7.48. The van der Waals surface area contributed by atoms with Crippen molar-refractivity contribution in [1.82, 2.24) is 4.72 Å². The van der Waals surface area contributed by atoms with Crippen molar-refractivity contribution < 1.29 is 17.9 Å². The average molecular weight is 456 g/mol. The van der Waals surface area contributed by atoms with Gasteiger partial charge in [-0.2, -0.15) is 0 Å². The van der Waals surface area contributed by atoms with E-state index in [0.717, 1.165) is 36.6 Å². The second kappa shape index (κ2) is 8.88. The van der Waals surface area contributed by atoms with Crippen LogP contribution in [0.25, 0.3) is 0 Å². The summed E-state index contributed by atoms with van der Waals surface area (Å²) in [6.45, 7) is 0. The standard InChI is InChI=1S/C20H26BrNO4S/c1-26-20(23)6-4-2-3-5-15-11-14-12-18(15)19(13-14)22-27(24,25)17-9-7-16(21)8-10-17/h3,5,7-10,14-15,18-19,22H,2,4,6,11-13H2,1H3/b5-3-/t14-,15+,18-,19-/m1/s1. The van der Waals surface area contributed by atoms with Crippen molar-refractivity contribution in [3.8, 4) is 0 Å². The van der Waals surface area contributed by atoms with Crippen LogP contribution in [0.5, 0.6) is 0 Å². The van der Waals surface area contributed by atoms with Gasteiger partial charge in [-0.05, 0) is 74.1 Å². The molecule has 0 radical (unpaired) electrons. The van der Waals surface area contributed by atoms with Crippen LogP contribution in [0, 0.1) is 17.8 Å². The number of fused-ring (bicyclic) bond motifs is 2. The predicted molar refractivity (Wildman–Crippen MR) is 108 cm³/mol. The Morgan fingerprint density at radius 3 is 2.67 bits per heavy atom. The van der Waals surface area contributed by atoms with E-state index in [1.54, 1.807) is 24.3 Å². The topological polar surface area (TPSA) is 72.5 Å². The maximum Gasteiger partial charge on any atom is 0.305 e. The van der Waals surface area contributed by atoms with Crippen LogP contribution in [0.2, 0.25) is 0 Å². The number of sulfonamides is 1. The third kappa shape index (κ3) is 5.21. The molecule has 148 valence electrons. The van der Waals surface area contributed by atoms with Crippen molar-refractivity contribution in [3.05, 3.63) is 40.9 Å². The molecule has 2 bridgehead atoms. The normalized spacial score (nSPS) is 27.3. The number of hydrogen-bond donors (Lipinski definition) is 1. The van der Waals surface area contributed by atoms with Crippen molar-refractivity contribution in [2.45, 2.75) is 49.5 Å². The van der Waals surface area contributed by atoms with Gasteiger partial charge in [-0.3, -0.25) is 4.79 Å². The lowest BCUT2D eigenvalue weighted by molar-refractivity contribution is -0.140. The zero-order chi connectivity index (χ0) is 19.4. The first-order chi connectivity index (χ1) is 12.9. The molecule has 7 heteroatoms. The summed E-state index contributed by atoms with van der Waals surface area (Å²) in [5.41, 5.74) is 0. The van der Waals surface area contributed by atoms with Gasteiger partial charge in [0.05, 0.1) is 12.0 Å². The van der Waals surface area contributed by atoms with Gasteiger partial charge in [0, 0.05) is 16.9 Å². The number of carbonyl (C=O) groups excluding carboxylic acids is 1. The van der Waals surface area contributed by atoms with Gasteiger partial charge in [-0.15, -0.1) is 0 Å². The van der Waals surface area contributed by atoms with Crippen molar-refractivity contribution >= 4 is 31.9 Å². The summed E-state index contributed by atoms with van der Waals surface area (Å²) >= 11 is 3.33. The van der Waals surface area contributed by atoms with Gasteiger partial charge >= 0.3 is 5.97 Å². The monoisotopic (exact) mass is 455 g/mol. The molecule has 1 aromatic rings. The van der Waals surface area contributed by atoms with Crippen LogP contribution in [0.15, 0.2) is 45.8 Å². The summed E-state index contributed by atoms with van der Waals surface area (Å²) in [6.07, 6.45) is 9.57. The Balaban J connectivity index is 1.56. The summed E-state index contributed by atoms with van der Waals surface area (Å²) in [6, 6.07) is 6.74. The van der Waals surface area contributed by atoms with Crippen molar-refractivity contribution in [3.63, 3.8) is 0 Å². The molecule has 1 N–H and O–H groups in total. The third-order valence-electron chi connectivity index (χ3n) is 5.66. The molecule has 0 aromatic heterocycles. The molecule has 4 atom stereocenters. The lowest BCUT2D eigenvalue weighted by atomic mass is 9.85. The first-order valence-electron chi connectivity index (χ1n) is 9.40. The van der Waals surface area contributed by atoms with Crippen molar-refractivity contribution in [2.24, 2.45) is 17.8 Å². The number of carbonyl (C=O) groups is 1. The number of halogens is 1. The van der Waals surface area contributed by atoms with Gasteiger partial charge in [0.15, 0.2) is 0 Å². The number of esters is 1. The number of rotatable bonds is 8. The fourth-order valence-electron chi connectivity index (χ4n) is 4.38. The average Bonchev–Trinajstić information content (AvgIpc) is 3.21. The van der Waals surface area contributed by atoms with E-state index in [0.29, 0.717) is 29.1 Å². The van der Waals surface area contributed by atoms with Crippen LogP contribution >= 0.6 is 15.9 Å². The smallest absolute Gasteiger partial charge is 0.305 e.